The minimum atomic E-state index is -1.57. The first-order valence-electron chi connectivity index (χ1n) is 35.2. The van der Waals surface area contributed by atoms with Crippen molar-refractivity contribution in [1.82, 2.24) is 5.32 Å². The smallest absolute Gasteiger partial charge is 0.220 e. The Morgan fingerprint density at radius 2 is 0.756 bits per heavy atom. The highest BCUT2D eigenvalue weighted by Crippen LogP contribution is 2.23. The van der Waals surface area contributed by atoms with Crippen molar-refractivity contribution >= 4 is 5.91 Å². The molecule has 82 heavy (non-hydrogen) atoms. The van der Waals surface area contributed by atoms with E-state index in [9.17, 15) is 30.3 Å². The number of nitrogens with one attached hydrogen (secondary N) is 1. The molecule has 0 aromatic carbocycles. The summed E-state index contributed by atoms with van der Waals surface area (Å²) in [5, 5.41) is 54.8. The highest BCUT2D eigenvalue weighted by molar-refractivity contribution is 5.76. The second kappa shape index (κ2) is 61.7. The number of aliphatic hydroxyl groups is 5. The Bertz CT molecular complexity index is 1520. The van der Waals surface area contributed by atoms with Gasteiger partial charge in [-0.1, -0.05) is 331 Å². The van der Waals surface area contributed by atoms with Gasteiger partial charge >= 0.3 is 0 Å². The standard InChI is InChI=1S/C73H133NO8/c1-3-5-7-9-11-13-15-17-19-21-23-25-27-29-31-33-34-35-37-39-41-43-45-47-49-51-53-55-57-59-61-63-69(77)74-66(65-81-73-72(80)71(79)70(78)68(64-75)82-73)67(76)62-60-58-56-54-52-50-48-46-44-42-40-38-36-32-30-28-26-24-22-20-18-16-14-12-10-8-6-4-2/h5,7,11,13,17,19,23,25,29,31,60,62,66-68,70-73,75-76,78-80H,3-4,6,8-10,12,14-16,18,20-22,24,26-28,30,32-59,61,63-65H2,1-2H3,(H,74,77)/b7-5-,13-11-,19-17-,25-23-,31-29-,62-60+. The number of carbonyl (C=O) groups excluding carboxylic acids is 1. The van der Waals surface area contributed by atoms with Crippen LogP contribution in [0, 0.1) is 0 Å². The SMILES string of the molecule is CC/C=C\C/C=C\C/C=C\C/C=C\C/C=C\CCCCCCCCCCCCCCCCCC(=O)NC(COC1OC(CO)C(O)C(O)C1O)C(O)/C=C/CCCCCCCCCCCCCCCCCCCCCCCCCCCC. The van der Waals surface area contributed by atoms with E-state index in [1.165, 1.54) is 238 Å². The molecule has 1 rings (SSSR count). The summed E-state index contributed by atoms with van der Waals surface area (Å²) in [7, 11) is 0. The molecular formula is C73H133NO8. The van der Waals surface area contributed by atoms with Gasteiger partial charge in [-0.05, 0) is 64.2 Å². The molecule has 0 aromatic heterocycles. The van der Waals surface area contributed by atoms with Crippen molar-refractivity contribution in [2.75, 3.05) is 13.2 Å². The van der Waals surface area contributed by atoms with E-state index in [0.29, 0.717) is 6.42 Å². The van der Waals surface area contributed by atoms with Crippen molar-refractivity contribution < 1.29 is 39.8 Å². The molecule has 6 N–H and O–H groups in total. The number of carbonyl (C=O) groups is 1. The van der Waals surface area contributed by atoms with Gasteiger partial charge in [-0.3, -0.25) is 4.79 Å². The number of rotatable bonds is 61. The largest absolute Gasteiger partial charge is 0.394 e. The topological polar surface area (TPSA) is 149 Å². The van der Waals surface area contributed by atoms with Crippen LogP contribution in [0.4, 0.5) is 0 Å². The number of aliphatic hydroxyl groups excluding tert-OH is 5. The van der Waals surface area contributed by atoms with Crippen LogP contribution in [0.15, 0.2) is 72.9 Å². The molecule has 0 aliphatic carbocycles. The van der Waals surface area contributed by atoms with Crippen LogP contribution >= 0.6 is 0 Å². The predicted molar refractivity (Wildman–Crippen MR) is 350 cm³/mol. The van der Waals surface area contributed by atoms with Crippen LogP contribution in [0.3, 0.4) is 0 Å². The Balaban J connectivity index is 2.13. The van der Waals surface area contributed by atoms with Crippen molar-refractivity contribution in [3.8, 4) is 0 Å². The maximum Gasteiger partial charge on any atom is 0.220 e. The summed E-state index contributed by atoms with van der Waals surface area (Å²) in [6, 6.07) is -0.809. The Hall–Kier alpha value is -2.37. The maximum atomic E-state index is 13.1. The number of unbranched alkanes of at least 4 members (excludes halogenated alkanes) is 41. The number of amides is 1. The lowest BCUT2D eigenvalue weighted by Crippen LogP contribution is -2.60. The molecule has 0 saturated carbocycles. The van der Waals surface area contributed by atoms with Crippen molar-refractivity contribution in [3.05, 3.63) is 72.9 Å². The Morgan fingerprint density at radius 1 is 0.427 bits per heavy atom. The quantitative estimate of drug-likeness (QED) is 0.0261. The Kier molecular flexibility index (Phi) is 58.4. The third kappa shape index (κ3) is 49.8. The zero-order chi connectivity index (χ0) is 59.3. The summed E-state index contributed by atoms with van der Waals surface area (Å²) in [6.07, 6.45) is 80.0. The lowest BCUT2D eigenvalue weighted by molar-refractivity contribution is -0.302. The zero-order valence-electron chi connectivity index (χ0n) is 53.5. The van der Waals surface area contributed by atoms with Gasteiger partial charge < -0.3 is 40.3 Å². The molecular weight excluding hydrogens is 1020 g/mol. The number of allylic oxidation sites excluding steroid dienone is 11. The van der Waals surface area contributed by atoms with Crippen molar-refractivity contribution in [2.24, 2.45) is 0 Å². The van der Waals surface area contributed by atoms with E-state index in [4.69, 9.17) is 9.47 Å². The summed E-state index contributed by atoms with van der Waals surface area (Å²) in [6.45, 7) is 3.71. The fourth-order valence-electron chi connectivity index (χ4n) is 11.1. The molecule has 0 bridgehead atoms. The van der Waals surface area contributed by atoms with E-state index in [1.807, 2.05) is 6.08 Å². The molecule has 9 nitrogen and oxygen atoms in total. The molecule has 1 aliphatic rings. The Labute approximate surface area is 506 Å². The first-order chi connectivity index (χ1) is 40.3. The molecule has 1 heterocycles. The van der Waals surface area contributed by atoms with Crippen LogP contribution in [0.2, 0.25) is 0 Å². The zero-order valence-corrected chi connectivity index (χ0v) is 53.5. The normalized spacial score (nSPS) is 18.7. The second-order valence-corrected chi connectivity index (χ2v) is 24.3. The molecule has 0 radical (unpaired) electrons. The minimum absolute atomic E-state index is 0.174. The second-order valence-electron chi connectivity index (χ2n) is 24.3. The van der Waals surface area contributed by atoms with Crippen molar-refractivity contribution in [1.29, 1.82) is 0 Å². The van der Waals surface area contributed by atoms with E-state index in [-0.39, 0.29) is 12.5 Å². The molecule has 7 unspecified atom stereocenters. The van der Waals surface area contributed by atoms with Crippen molar-refractivity contribution in [3.63, 3.8) is 0 Å². The van der Waals surface area contributed by atoms with Crippen molar-refractivity contribution in [2.45, 2.75) is 371 Å². The number of hydrogen-bond acceptors (Lipinski definition) is 8. The average Bonchev–Trinajstić information content (AvgIpc) is 3.52. The van der Waals surface area contributed by atoms with Gasteiger partial charge in [0.1, 0.15) is 24.4 Å². The first-order valence-corrected chi connectivity index (χ1v) is 35.2. The molecule has 1 saturated heterocycles. The minimum Gasteiger partial charge on any atom is -0.394 e. The lowest BCUT2D eigenvalue weighted by atomic mass is 9.99. The molecule has 478 valence electrons. The van der Waals surface area contributed by atoms with Gasteiger partial charge in [0.25, 0.3) is 0 Å². The fraction of sp³-hybridized carbons (Fsp3) is 0.822. The van der Waals surface area contributed by atoms with Gasteiger partial charge in [-0.25, -0.2) is 0 Å². The van der Waals surface area contributed by atoms with Crippen LogP contribution in [0.25, 0.3) is 0 Å². The van der Waals surface area contributed by atoms with E-state index < -0.39 is 49.5 Å². The fourth-order valence-corrected chi connectivity index (χ4v) is 11.1. The molecule has 0 aromatic rings. The van der Waals surface area contributed by atoms with E-state index in [0.717, 1.165) is 70.6 Å². The van der Waals surface area contributed by atoms with E-state index >= 15 is 0 Å². The van der Waals surface area contributed by atoms with Crippen LogP contribution in [-0.2, 0) is 14.3 Å². The lowest BCUT2D eigenvalue weighted by Gasteiger charge is -2.40. The highest BCUT2D eigenvalue weighted by Gasteiger charge is 2.44. The van der Waals surface area contributed by atoms with Crippen LogP contribution in [-0.4, -0.2) is 87.5 Å². The summed E-state index contributed by atoms with van der Waals surface area (Å²) in [4.78, 5) is 13.1. The van der Waals surface area contributed by atoms with Gasteiger partial charge in [0.2, 0.25) is 5.91 Å². The van der Waals surface area contributed by atoms with Gasteiger partial charge in [-0.15, -0.1) is 0 Å². The predicted octanol–water partition coefficient (Wildman–Crippen LogP) is 19.1. The first kappa shape index (κ1) is 77.6. The Morgan fingerprint density at radius 3 is 1.12 bits per heavy atom. The van der Waals surface area contributed by atoms with E-state index in [2.05, 4.69) is 79.9 Å². The molecule has 1 fully saturated rings. The molecule has 1 amide bonds. The van der Waals surface area contributed by atoms with Crippen LogP contribution in [0.1, 0.15) is 328 Å². The van der Waals surface area contributed by atoms with Gasteiger partial charge in [0.05, 0.1) is 25.4 Å². The van der Waals surface area contributed by atoms with E-state index in [1.54, 1.807) is 6.08 Å². The summed E-state index contributed by atoms with van der Waals surface area (Å²) in [5.74, 6) is -0.174. The van der Waals surface area contributed by atoms with Crippen LogP contribution < -0.4 is 5.32 Å². The highest BCUT2D eigenvalue weighted by atomic mass is 16.7. The molecule has 7 atom stereocenters. The third-order valence-corrected chi connectivity index (χ3v) is 16.5. The molecule has 0 spiro atoms. The average molecular weight is 1150 g/mol. The van der Waals surface area contributed by atoms with Gasteiger partial charge in [-0.2, -0.15) is 0 Å². The summed E-state index contributed by atoms with van der Waals surface area (Å²) >= 11 is 0. The van der Waals surface area contributed by atoms with Gasteiger partial charge in [0.15, 0.2) is 6.29 Å². The van der Waals surface area contributed by atoms with Gasteiger partial charge in [0, 0.05) is 6.42 Å². The number of ether oxygens (including phenoxy) is 2. The third-order valence-electron chi connectivity index (χ3n) is 16.5. The maximum absolute atomic E-state index is 13.1. The molecule has 1 aliphatic heterocycles. The number of hydrogen-bond donors (Lipinski definition) is 6. The monoisotopic (exact) mass is 1150 g/mol. The summed E-state index contributed by atoms with van der Waals surface area (Å²) < 4.78 is 11.3. The van der Waals surface area contributed by atoms with Crippen LogP contribution in [0.5, 0.6) is 0 Å². The molecule has 9 heteroatoms. The summed E-state index contributed by atoms with van der Waals surface area (Å²) in [5.41, 5.74) is 0.